The Morgan fingerprint density at radius 2 is 1.65 bits per heavy atom. The molecule has 0 spiro atoms. The number of esters is 1. The molecular formula is C29H46O4S. The number of aryl methyl sites for hydroxylation is 1. The van der Waals surface area contributed by atoms with Crippen LogP contribution in [-0.4, -0.2) is 25.5 Å². The predicted octanol–water partition coefficient (Wildman–Crippen LogP) is 9.17. The molecule has 34 heavy (non-hydrogen) atoms. The maximum atomic E-state index is 12.3. The van der Waals surface area contributed by atoms with E-state index in [9.17, 15) is 9.59 Å². The largest absolute Gasteiger partial charge is 0.485 e. The van der Waals surface area contributed by atoms with Crippen LogP contribution >= 0.6 is 11.3 Å². The Morgan fingerprint density at radius 3 is 2.26 bits per heavy atom. The van der Waals surface area contributed by atoms with Crippen LogP contribution in [0.2, 0.25) is 0 Å². The van der Waals surface area contributed by atoms with E-state index in [0.717, 1.165) is 12.0 Å². The monoisotopic (exact) mass is 490 g/mol. The summed E-state index contributed by atoms with van der Waals surface area (Å²) in [6.07, 6.45) is 10.4. The molecular weight excluding hydrogens is 444 g/mol. The average molecular weight is 491 g/mol. The molecule has 0 saturated carbocycles. The minimum Gasteiger partial charge on any atom is -0.485 e. The van der Waals surface area contributed by atoms with Gasteiger partial charge in [-0.05, 0) is 49.1 Å². The maximum absolute atomic E-state index is 12.3. The third-order valence-electron chi connectivity index (χ3n) is 4.44. The number of methoxy groups -OCH3 is 1. The van der Waals surface area contributed by atoms with Gasteiger partial charge in [0, 0.05) is 5.38 Å². The number of Topliss-reactive ketones (excluding diaryl/α,β-unsaturated/α-hetero) is 1. The first-order chi connectivity index (χ1) is 16.5. The van der Waals surface area contributed by atoms with Crippen LogP contribution in [0.3, 0.4) is 0 Å². The van der Waals surface area contributed by atoms with Gasteiger partial charge < -0.3 is 9.47 Å². The van der Waals surface area contributed by atoms with Gasteiger partial charge in [0.2, 0.25) is 5.78 Å². The molecule has 5 heteroatoms. The lowest BCUT2D eigenvalue weighted by atomic mass is 10.1. The van der Waals surface area contributed by atoms with Gasteiger partial charge in [-0.3, -0.25) is 4.79 Å². The standard InChI is InChI=1S/C23H28O4S.3C2H6/c1-4-5-6-7-8-9-10-18-13-20(12-11-17(18)2)27-15-21(24)22-14-19(16-28-22)23(25)26-3;3*1-2/h9-14,16H,4-8,15H2,1-3H3;3*1-2H3. The van der Waals surface area contributed by atoms with Gasteiger partial charge in [-0.2, -0.15) is 0 Å². The molecule has 0 saturated heterocycles. The number of carbonyl (C=O) groups is 2. The second-order valence-corrected chi connectivity index (χ2v) is 7.58. The minimum atomic E-state index is -0.444. The lowest BCUT2D eigenvalue weighted by Crippen LogP contribution is -2.10. The second-order valence-electron chi connectivity index (χ2n) is 6.67. The van der Waals surface area contributed by atoms with Crippen LogP contribution in [0, 0.1) is 6.92 Å². The Labute approximate surface area is 212 Å². The Kier molecular flexibility index (Phi) is 22.2. The summed E-state index contributed by atoms with van der Waals surface area (Å²) in [6.45, 7) is 16.2. The van der Waals surface area contributed by atoms with Gasteiger partial charge >= 0.3 is 5.97 Å². The molecule has 1 heterocycles. The molecule has 0 N–H and O–H groups in total. The minimum absolute atomic E-state index is 0.0651. The SMILES string of the molecule is CC.CC.CC.CCCCCCC=Cc1cc(OCC(=O)c2cc(C(=O)OC)cs2)ccc1C. The highest BCUT2D eigenvalue weighted by Gasteiger charge is 2.14. The summed E-state index contributed by atoms with van der Waals surface area (Å²) < 4.78 is 10.3. The predicted molar refractivity (Wildman–Crippen MR) is 148 cm³/mol. The van der Waals surface area contributed by atoms with E-state index < -0.39 is 5.97 Å². The molecule has 1 aromatic carbocycles. The molecule has 1 aromatic heterocycles. The molecule has 0 aliphatic heterocycles. The zero-order chi connectivity index (χ0) is 26.4. The fraction of sp³-hybridized carbons (Fsp3) is 0.517. The summed E-state index contributed by atoms with van der Waals surface area (Å²) in [6, 6.07) is 7.37. The molecule has 0 radical (unpaired) electrons. The van der Waals surface area contributed by atoms with Crippen LogP contribution in [0.15, 0.2) is 35.7 Å². The van der Waals surface area contributed by atoms with E-state index >= 15 is 0 Å². The van der Waals surface area contributed by atoms with Crippen LogP contribution in [0.5, 0.6) is 5.75 Å². The molecule has 0 amide bonds. The van der Waals surface area contributed by atoms with Crippen molar-refractivity contribution >= 4 is 29.2 Å². The van der Waals surface area contributed by atoms with Gasteiger partial charge in [0.1, 0.15) is 5.75 Å². The van der Waals surface area contributed by atoms with E-state index in [1.807, 2.05) is 59.7 Å². The first kappa shape index (κ1) is 33.8. The van der Waals surface area contributed by atoms with Crippen LogP contribution in [0.25, 0.3) is 6.08 Å². The number of hydrogen-bond donors (Lipinski definition) is 0. The molecule has 0 aliphatic rings. The fourth-order valence-electron chi connectivity index (χ4n) is 2.71. The Morgan fingerprint density at radius 1 is 0.971 bits per heavy atom. The lowest BCUT2D eigenvalue weighted by Gasteiger charge is -2.08. The number of allylic oxidation sites excluding steroid dienone is 1. The fourth-order valence-corrected chi connectivity index (χ4v) is 3.52. The smallest absolute Gasteiger partial charge is 0.338 e. The van der Waals surface area contributed by atoms with E-state index in [4.69, 9.17) is 4.74 Å². The van der Waals surface area contributed by atoms with Crippen molar-refractivity contribution in [1.82, 2.24) is 0 Å². The quantitative estimate of drug-likeness (QED) is 0.179. The zero-order valence-electron chi connectivity index (χ0n) is 22.8. The van der Waals surface area contributed by atoms with E-state index in [2.05, 4.69) is 30.7 Å². The molecule has 2 aromatic rings. The molecule has 0 aliphatic carbocycles. The number of unbranched alkanes of at least 4 members (excludes halogenated alkanes) is 4. The molecule has 192 valence electrons. The van der Waals surface area contributed by atoms with Crippen molar-refractivity contribution in [3.05, 3.63) is 57.3 Å². The molecule has 0 bridgehead atoms. The van der Waals surface area contributed by atoms with Crippen molar-refractivity contribution in [3.63, 3.8) is 0 Å². The molecule has 2 rings (SSSR count). The van der Waals surface area contributed by atoms with Crippen molar-refractivity contribution < 1.29 is 19.1 Å². The highest BCUT2D eigenvalue weighted by Crippen LogP contribution is 2.21. The Hall–Kier alpha value is -2.40. The van der Waals surface area contributed by atoms with Crippen molar-refractivity contribution in [2.45, 2.75) is 87.5 Å². The molecule has 4 nitrogen and oxygen atoms in total. The molecule has 0 atom stereocenters. The first-order valence-electron chi connectivity index (χ1n) is 12.6. The number of ether oxygens (including phenoxy) is 2. The molecule has 0 unspecified atom stereocenters. The Balaban J connectivity index is 0. The second kappa shape index (κ2) is 22.4. The normalized spacial score (nSPS) is 9.56. The topological polar surface area (TPSA) is 52.6 Å². The van der Waals surface area contributed by atoms with Gasteiger partial charge in [0.05, 0.1) is 17.6 Å². The number of hydrogen-bond acceptors (Lipinski definition) is 5. The summed E-state index contributed by atoms with van der Waals surface area (Å²) in [7, 11) is 1.32. The summed E-state index contributed by atoms with van der Waals surface area (Å²) >= 11 is 1.22. The van der Waals surface area contributed by atoms with Gasteiger partial charge in [-0.1, -0.05) is 85.9 Å². The van der Waals surface area contributed by atoms with E-state index in [1.165, 1.54) is 49.7 Å². The zero-order valence-corrected chi connectivity index (χ0v) is 23.6. The van der Waals surface area contributed by atoms with Crippen molar-refractivity contribution in [1.29, 1.82) is 0 Å². The van der Waals surface area contributed by atoms with Gasteiger partial charge in [-0.25, -0.2) is 4.79 Å². The van der Waals surface area contributed by atoms with E-state index in [1.54, 1.807) is 11.4 Å². The number of rotatable bonds is 11. The highest BCUT2D eigenvalue weighted by molar-refractivity contribution is 7.12. The van der Waals surface area contributed by atoms with Crippen molar-refractivity contribution in [2.75, 3.05) is 13.7 Å². The van der Waals surface area contributed by atoms with Crippen LogP contribution in [0.4, 0.5) is 0 Å². The third-order valence-corrected chi connectivity index (χ3v) is 5.41. The van der Waals surface area contributed by atoms with Crippen molar-refractivity contribution in [3.8, 4) is 5.75 Å². The Bertz CT molecular complexity index is 821. The summed E-state index contributed by atoms with van der Waals surface area (Å²) in [4.78, 5) is 24.3. The van der Waals surface area contributed by atoms with Crippen LogP contribution in [-0.2, 0) is 4.74 Å². The lowest BCUT2D eigenvalue weighted by molar-refractivity contribution is 0.0601. The van der Waals surface area contributed by atoms with Crippen LogP contribution < -0.4 is 4.74 Å². The summed E-state index contributed by atoms with van der Waals surface area (Å²) in [5.41, 5.74) is 2.66. The van der Waals surface area contributed by atoms with Gasteiger partial charge in [0.25, 0.3) is 0 Å². The average Bonchev–Trinajstić information content (AvgIpc) is 3.40. The van der Waals surface area contributed by atoms with E-state index in [0.29, 0.717) is 16.2 Å². The number of benzene rings is 1. The third kappa shape index (κ3) is 13.3. The van der Waals surface area contributed by atoms with Crippen LogP contribution in [0.1, 0.15) is 112 Å². The first-order valence-corrected chi connectivity index (χ1v) is 13.5. The van der Waals surface area contributed by atoms with E-state index in [-0.39, 0.29) is 12.4 Å². The maximum Gasteiger partial charge on any atom is 0.338 e. The van der Waals surface area contributed by atoms with Gasteiger partial charge in [-0.15, -0.1) is 11.3 Å². The summed E-state index contributed by atoms with van der Waals surface area (Å²) in [5.74, 6) is 0.0592. The summed E-state index contributed by atoms with van der Waals surface area (Å²) in [5, 5.41) is 1.62. The number of carbonyl (C=O) groups excluding carboxylic acids is 2. The number of ketones is 1. The molecule has 0 fully saturated rings. The number of thiophene rings is 1. The van der Waals surface area contributed by atoms with Gasteiger partial charge in [0.15, 0.2) is 6.61 Å². The van der Waals surface area contributed by atoms with Crippen molar-refractivity contribution in [2.24, 2.45) is 0 Å². The highest BCUT2D eigenvalue weighted by atomic mass is 32.1.